The first-order valence-corrected chi connectivity index (χ1v) is 5.36. The van der Waals surface area contributed by atoms with E-state index < -0.39 is 0 Å². The van der Waals surface area contributed by atoms with Crippen molar-refractivity contribution in [3.05, 3.63) is 18.0 Å². The van der Waals surface area contributed by atoms with Crippen molar-refractivity contribution >= 4 is 5.95 Å². The highest BCUT2D eigenvalue weighted by molar-refractivity contribution is 5.31. The van der Waals surface area contributed by atoms with Crippen molar-refractivity contribution in [1.29, 1.82) is 5.26 Å². The maximum Gasteiger partial charge on any atom is 0.224 e. The summed E-state index contributed by atoms with van der Waals surface area (Å²) in [6.07, 6.45) is 5.07. The zero-order valence-corrected chi connectivity index (χ0v) is 9.18. The van der Waals surface area contributed by atoms with E-state index in [1.54, 1.807) is 19.4 Å². The van der Waals surface area contributed by atoms with Gasteiger partial charge in [0.25, 0.3) is 0 Å². The Labute approximate surface area is 94.5 Å². The number of anilines is 1. The Kier molecular flexibility index (Phi) is 3.32. The summed E-state index contributed by atoms with van der Waals surface area (Å²) >= 11 is 0. The molecular weight excluding hydrogens is 204 g/mol. The molecule has 1 aromatic heterocycles. The Morgan fingerprint density at radius 1 is 1.56 bits per heavy atom. The molecule has 0 amide bonds. The monoisotopic (exact) mass is 218 g/mol. The molecule has 2 rings (SSSR count). The van der Waals surface area contributed by atoms with E-state index >= 15 is 0 Å². The van der Waals surface area contributed by atoms with Gasteiger partial charge in [0.1, 0.15) is 11.8 Å². The zero-order valence-electron chi connectivity index (χ0n) is 9.18. The van der Waals surface area contributed by atoms with E-state index in [-0.39, 0.29) is 12.1 Å². The summed E-state index contributed by atoms with van der Waals surface area (Å²) in [5.41, 5.74) is 0.379. The van der Waals surface area contributed by atoms with Crippen molar-refractivity contribution in [2.45, 2.75) is 31.4 Å². The highest BCUT2D eigenvalue weighted by Gasteiger charge is 2.27. The van der Waals surface area contributed by atoms with Crippen molar-refractivity contribution in [1.82, 2.24) is 9.97 Å². The second-order valence-corrected chi connectivity index (χ2v) is 3.83. The molecule has 1 fully saturated rings. The first-order chi connectivity index (χ1) is 7.83. The van der Waals surface area contributed by atoms with Crippen LogP contribution < -0.4 is 5.32 Å². The van der Waals surface area contributed by atoms with E-state index in [4.69, 9.17) is 10.00 Å². The molecule has 2 atom stereocenters. The highest BCUT2D eigenvalue weighted by atomic mass is 16.5. The van der Waals surface area contributed by atoms with E-state index in [1.165, 1.54) is 0 Å². The molecule has 0 aromatic carbocycles. The van der Waals surface area contributed by atoms with E-state index in [2.05, 4.69) is 15.3 Å². The minimum Gasteiger partial charge on any atom is -0.379 e. The van der Waals surface area contributed by atoms with Crippen LogP contribution in [0.3, 0.4) is 0 Å². The molecule has 1 aromatic rings. The average molecular weight is 218 g/mol. The standard InChI is InChI=1S/C11H14N4O/c1-16-10-4-2-3-9(10)15-11-13-6-5-8(7-12)14-11/h5-6,9-10H,2-4H2,1H3,(H,13,14,15). The number of hydrogen-bond acceptors (Lipinski definition) is 5. The Morgan fingerprint density at radius 3 is 3.19 bits per heavy atom. The zero-order chi connectivity index (χ0) is 11.4. The summed E-state index contributed by atoms with van der Waals surface area (Å²) in [7, 11) is 1.72. The van der Waals surface area contributed by atoms with Gasteiger partial charge in [-0.1, -0.05) is 0 Å². The number of aromatic nitrogens is 2. The van der Waals surface area contributed by atoms with Gasteiger partial charge < -0.3 is 10.1 Å². The minimum absolute atomic E-state index is 0.217. The third kappa shape index (κ3) is 2.28. The van der Waals surface area contributed by atoms with Crippen LogP contribution >= 0.6 is 0 Å². The van der Waals surface area contributed by atoms with Crippen LogP contribution in [0.4, 0.5) is 5.95 Å². The summed E-state index contributed by atoms with van der Waals surface area (Å²) in [4.78, 5) is 8.18. The fourth-order valence-electron chi connectivity index (χ4n) is 2.03. The molecule has 0 bridgehead atoms. The van der Waals surface area contributed by atoms with Gasteiger partial charge in [-0.15, -0.1) is 0 Å². The molecule has 2 unspecified atom stereocenters. The van der Waals surface area contributed by atoms with Gasteiger partial charge in [-0.25, -0.2) is 9.97 Å². The van der Waals surface area contributed by atoms with Gasteiger partial charge in [0.15, 0.2) is 0 Å². The van der Waals surface area contributed by atoms with Crippen LogP contribution in [0.15, 0.2) is 12.3 Å². The van der Waals surface area contributed by atoms with Crippen LogP contribution in [0.2, 0.25) is 0 Å². The maximum atomic E-state index is 8.73. The Balaban J connectivity index is 2.06. The number of hydrogen-bond donors (Lipinski definition) is 1. The smallest absolute Gasteiger partial charge is 0.224 e. The van der Waals surface area contributed by atoms with Gasteiger partial charge in [-0.2, -0.15) is 5.26 Å². The lowest BCUT2D eigenvalue weighted by molar-refractivity contribution is 0.101. The Hall–Kier alpha value is -1.67. The van der Waals surface area contributed by atoms with Crippen molar-refractivity contribution in [3.63, 3.8) is 0 Å². The lowest BCUT2D eigenvalue weighted by Gasteiger charge is -2.19. The highest BCUT2D eigenvalue weighted by Crippen LogP contribution is 2.23. The van der Waals surface area contributed by atoms with E-state index in [0.717, 1.165) is 19.3 Å². The van der Waals surface area contributed by atoms with E-state index in [0.29, 0.717) is 11.6 Å². The second-order valence-electron chi connectivity index (χ2n) is 3.83. The number of methoxy groups -OCH3 is 1. The average Bonchev–Trinajstić information content (AvgIpc) is 2.76. The van der Waals surface area contributed by atoms with Crippen molar-refractivity contribution < 1.29 is 4.74 Å². The van der Waals surface area contributed by atoms with Crippen molar-refractivity contribution in [3.8, 4) is 6.07 Å². The second kappa shape index (κ2) is 4.90. The molecule has 0 spiro atoms. The summed E-state index contributed by atoms with van der Waals surface area (Å²) in [5.74, 6) is 0.507. The van der Waals surface area contributed by atoms with Crippen LogP contribution in [0.1, 0.15) is 25.0 Å². The predicted octanol–water partition coefficient (Wildman–Crippen LogP) is 1.33. The summed E-state index contributed by atoms with van der Waals surface area (Å²) in [5, 5.41) is 11.9. The normalized spacial score (nSPS) is 24.0. The van der Waals surface area contributed by atoms with Gasteiger partial charge in [-0.3, -0.25) is 0 Å². The van der Waals surface area contributed by atoms with Crippen LogP contribution in [0.5, 0.6) is 0 Å². The molecule has 84 valence electrons. The van der Waals surface area contributed by atoms with Gasteiger partial charge in [-0.05, 0) is 25.3 Å². The van der Waals surface area contributed by atoms with E-state index in [9.17, 15) is 0 Å². The fourth-order valence-corrected chi connectivity index (χ4v) is 2.03. The third-order valence-corrected chi connectivity index (χ3v) is 2.84. The van der Waals surface area contributed by atoms with E-state index in [1.807, 2.05) is 6.07 Å². The van der Waals surface area contributed by atoms with Crippen LogP contribution in [0, 0.1) is 11.3 Å². The van der Waals surface area contributed by atoms with Gasteiger partial charge >= 0.3 is 0 Å². The molecule has 1 N–H and O–H groups in total. The minimum atomic E-state index is 0.217. The molecule has 5 heteroatoms. The van der Waals surface area contributed by atoms with Crippen molar-refractivity contribution in [2.24, 2.45) is 0 Å². The first-order valence-electron chi connectivity index (χ1n) is 5.36. The van der Waals surface area contributed by atoms with Gasteiger partial charge in [0.05, 0.1) is 12.1 Å². The number of nitriles is 1. The molecular formula is C11H14N4O. The molecule has 0 saturated heterocycles. The largest absolute Gasteiger partial charge is 0.379 e. The van der Waals surface area contributed by atoms with Gasteiger partial charge in [0.2, 0.25) is 5.95 Å². The summed E-state index contributed by atoms with van der Waals surface area (Å²) in [6.45, 7) is 0. The van der Waals surface area contributed by atoms with Crippen molar-refractivity contribution in [2.75, 3.05) is 12.4 Å². The fraction of sp³-hybridized carbons (Fsp3) is 0.545. The molecule has 1 aliphatic carbocycles. The lowest BCUT2D eigenvalue weighted by Crippen LogP contribution is -2.30. The quantitative estimate of drug-likeness (QED) is 0.828. The SMILES string of the molecule is COC1CCCC1Nc1nccc(C#N)n1. The number of ether oxygens (including phenoxy) is 1. The summed E-state index contributed by atoms with van der Waals surface area (Å²) < 4.78 is 5.37. The molecule has 5 nitrogen and oxygen atoms in total. The first kappa shape index (κ1) is 10.8. The topological polar surface area (TPSA) is 70.8 Å². The Bertz CT molecular complexity index is 401. The number of nitrogens with one attached hydrogen (secondary N) is 1. The Morgan fingerprint density at radius 2 is 2.44 bits per heavy atom. The summed E-state index contributed by atoms with van der Waals surface area (Å²) in [6, 6.07) is 3.84. The molecule has 1 aliphatic rings. The number of nitrogens with zero attached hydrogens (tertiary/aromatic N) is 3. The third-order valence-electron chi connectivity index (χ3n) is 2.84. The lowest BCUT2D eigenvalue weighted by atomic mass is 10.2. The van der Waals surface area contributed by atoms with Crippen LogP contribution in [0.25, 0.3) is 0 Å². The molecule has 0 aliphatic heterocycles. The van der Waals surface area contributed by atoms with Crippen LogP contribution in [-0.4, -0.2) is 29.2 Å². The molecule has 1 heterocycles. The molecule has 16 heavy (non-hydrogen) atoms. The van der Waals surface area contributed by atoms with Gasteiger partial charge in [0, 0.05) is 13.3 Å². The molecule has 0 radical (unpaired) electrons. The number of rotatable bonds is 3. The predicted molar refractivity (Wildman–Crippen MR) is 58.8 cm³/mol. The van der Waals surface area contributed by atoms with Crippen LogP contribution in [-0.2, 0) is 4.74 Å². The molecule has 1 saturated carbocycles. The maximum absolute atomic E-state index is 8.73.